The summed E-state index contributed by atoms with van der Waals surface area (Å²) in [5.41, 5.74) is 0.334. The maximum Gasteiger partial charge on any atom is 0.192 e. The van der Waals surface area contributed by atoms with Crippen LogP contribution in [0.5, 0.6) is 0 Å². The van der Waals surface area contributed by atoms with Crippen molar-refractivity contribution in [3.63, 3.8) is 0 Å². The Morgan fingerprint density at radius 2 is 1.42 bits per heavy atom. The van der Waals surface area contributed by atoms with Crippen molar-refractivity contribution in [3.8, 4) is 0 Å². The third kappa shape index (κ3) is 4.89. The van der Waals surface area contributed by atoms with Crippen molar-refractivity contribution >= 4 is 16.6 Å². The molecule has 0 unspecified atom stereocenters. The molecule has 0 spiro atoms. The van der Waals surface area contributed by atoms with E-state index in [0.717, 1.165) is 44.9 Å². The first kappa shape index (κ1) is 31.0. The molecular formula is C32H60O4Si2. The molecule has 0 radical (unpaired) electrons. The number of aliphatic hydroxyl groups is 2. The Morgan fingerprint density at radius 3 is 1.97 bits per heavy atom. The zero-order chi connectivity index (χ0) is 28.7. The lowest BCUT2D eigenvalue weighted by molar-refractivity contribution is -0.156. The van der Waals surface area contributed by atoms with Crippen molar-refractivity contribution < 1.29 is 19.1 Å². The molecule has 0 aromatic carbocycles. The molecule has 0 aliphatic heterocycles. The van der Waals surface area contributed by atoms with Gasteiger partial charge < -0.3 is 19.1 Å². The van der Waals surface area contributed by atoms with Gasteiger partial charge in [-0.3, -0.25) is 0 Å². The van der Waals surface area contributed by atoms with E-state index in [4.69, 9.17) is 8.85 Å². The molecule has 4 aliphatic carbocycles. The molecule has 2 N–H and O–H groups in total. The Morgan fingerprint density at radius 1 is 0.842 bits per heavy atom. The van der Waals surface area contributed by atoms with Crippen LogP contribution in [0.2, 0.25) is 36.3 Å². The predicted octanol–water partition coefficient (Wildman–Crippen LogP) is 8.06. The molecule has 0 bridgehead atoms. The van der Waals surface area contributed by atoms with Gasteiger partial charge in [0.2, 0.25) is 0 Å². The van der Waals surface area contributed by atoms with Crippen LogP contribution in [0.15, 0.2) is 11.6 Å². The first-order valence-corrected chi connectivity index (χ1v) is 21.3. The molecule has 4 aliphatic rings. The number of rotatable bonds is 5. The Hall–Kier alpha value is 0.0138. The predicted molar refractivity (Wildman–Crippen MR) is 163 cm³/mol. The van der Waals surface area contributed by atoms with E-state index in [1.54, 1.807) is 0 Å². The Balaban J connectivity index is 1.63. The minimum absolute atomic E-state index is 0.0597. The molecule has 220 valence electrons. The van der Waals surface area contributed by atoms with E-state index in [1.165, 1.54) is 5.57 Å². The summed E-state index contributed by atoms with van der Waals surface area (Å²) < 4.78 is 14.0. The maximum absolute atomic E-state index is 12.2. The largest absolute Gasteiger partial charge is 0.414 e. The molecule has 4 rings (SSSR count). The fraction of sp³-hybridized carbons (Fsp3) is 0.938. The van der Waals surface area contributed by atoms with Gasteiger partial charge in [0, 0.05) is 12.0 Å². The Labute approximate surface area is 236 Å². The van der Waals surface area contributed by atoms with Crippen molar-refractivity contribution in [2.75, 3.05) is 6.61 Å². The lowest BCUT2D eigenvalue weighted by atomic mass is 9.45. The zero-order valence-electron chi connectivity index (χ0n) is 26.8. The number of fused-ring (bicyclic) bond motifs is 5. The smallest absolute Gasteiger partial charge is 0.192 e. The molecule has 4 nitrogen and oxygen atoms in total. The van der Waals surface area contributed by atoms with Gasteiger partial charge in [0.1, 0.15) is 5.60 Å². The van der Waals surface area contributed by atoms with E-state index in [0.29, 0.717) is 11.8 Å². The van der Waals surface area contributed by atoms with Crippen molar-refractivity contribution in [1.82, 2.24) is 0 Å². The number of aliphatic hydroxyl groups excluding tert-OH is 1. The second kappa shape index (κ2) is 9.52. The normalized spacial score (nSPS) is 42.3. The van der Waals surface area contributed by atoms with Crippen molar-refractivity contribution in [3.05, 3.63) is 11.6 Å². The van der Waals surface area contributed by atoms with E-state index in [1.807, 2.05) is 0 Å². The molecule has 0 aromatic rings. The van der Waals surface area contributed by atoms with Crippen LogP contribution in [0, 0.1) is 28.6 Å². The monoisotopic (exact) mass is 564 g/mol. The number of hydrogen-bond donors (Lipinski definition) is 2. The number of hydrogen-bond acceptors (Lipinski definition) is 4. The van der Waals surface area contributed by atoms with Gasteiger partial charge in [0.05, 0.1) is 12.7 Å². The summed E-state index contributed by atoms with van der Waals surface area (Å²) >= 11 is 0. The molecule has 0 heterocycles. The summed E-state index contributed by atoms with van der Waals surface area (Å²) in [6.45, 7) is 28.1. The Kier molecular flexibility index (Phi) is 7.76. The highest BCUT2D eigenvalue weighted by Crippen LogP contribution is 2.67. The van der Waals surface area contributed by atoms with Crippen molar-refractivity contribution in [2.24, 2.45) is 28.6 Å². The molecule has 6 heteroatoms. The maximum atomic E-state index is 12.2. The van der Waals surface area contributed by atoms with Crippen LogP contribution in [0.25, 0.3) is 0 Å². The van der Waals surface area contributed by atoms with Gasteiger partial charge in [-0.05, 0) is 104 Å². The first-order chi connectivity index (χ1) is 17.1. The zero-order valence-corrected chi connectivity index (χ0v) is 28.8. The van der Waals surface area contributed by atoms with Gasteiger partial charge >= 0.3 is 0 Å². The van der Waals surface area contributed by atoms with Crippen molar-refractivity contribution in [1.29, 1.82) is 0 Å². The van der Waals surface area contributed by atoms with Crippen LogP contribution in [-0.4, -0.2) is 51.3 Å². The van der Waals surface area contributed by atoms with Gasteiger partial charge in [0.25, 0.3) is 0 Å². The molecule has 3 fully saturated rings. The fourth-order valence-corrected chi connectivity index (χ4v) is 11.2. The van der Waals surface area contributed by atoms with Gasteiger partial charge in [0.15, 0.2) is 16.6 Å². The van der Waals surface area contributed by atoms with Crippen molar-refractivity contribution in [2.45, 2.75) is 154 Å². The van der Waals surface area contributed by atoms with E-state index >= 15 is 0 Å². The summed E-state index contributed by atoms with van der Waals surface area (Å²) in [5.74, 6) is 0.869. The minimum Gasteiger partial charge on any atom is -0.414 e. The van der Waals surface area contributed by atoms with E-state index in [9.17, 15) is 10.2 Å². The highest BCUT2D eigenvalue weighted by molar-refractivity contribution is 6.74. The SMILES string of the molecule is CC(C)(C)[Si](C)(C)O[C@H]1CC[C@@]2(C)C(=C[C@@](O)(CO)[C@H]3[C@@H]4CC[C@H](O[Si](C)(C)C(C)(C)C)[C@@]4(C)CC[C@@H]32)C1. The molecule has 3 saturated carbocycles. The van der Waals surface area contributed by atoms with Crippen LogP contribution < -0.4 is 0 Å². The Bertz CT molecular complexity index is 931. The van der Waals surface area contributed by atoms with E-state index in [-0.39, 0.29) is 45.6 Å². The summed E-state index contributed by atoms with van der Waals surface area (Å²) in [7, 11) is -3.77. The van der Waals surface area contributed by atoms with Gasteiger partial charge in [-0.15, -0.1) is 0 Å². The van der Waals surface area contributed by atoms with E-state index in [2.05, 4.69) is 87.7 Å². The molecule has 0 aromatic heterocycles. The first-order valence-electron chi connectivity index (χ1n) is 15.5. The van der Waals surface area contributed by atoms with Crippen LogP contribution in [0.1, 0.15) is 100 Å². The highest BCUT2D eigenvalue weighted by Gasteiger charge is 2.65. The van der Waals surface area contributed by atoms with Crippen LogP contribution in [0.4, 0.5) is 0 Å². The summed E-state index contributed by atoms with van der Waals surface area (Å²) in [6.07, 6.45) is 10.2. The molecule has 0 amide bonds. The summed E-state index contributed by atoms with van der Waals surface area (Å²) in [6, 6.07) is 0. The molecule has 8 atom stereocenters. The standard InChI is InChI=1S/C32H60O4Si2/c1-28(2,3)37(9,10)35-23-15-17-30(7)22(19-23)20-32(34,21-33)27-24-13-14-26(31(24,8)18-16-25(27)30)36-38(11,12)29(4,5)6/h20,23-27,33-34H,13-19,21H2,1-12H3/t23-,24-,25-,26-,27-,30-,31-,32+/m0/s1. The highest BCUT2D eigenvalue weighted by atomic mass is 28.4. The average molecular weight is 565 g/mol. The lowest BCUT2D eigenvalue weighted by Crippen LogP contribution is -2.62. The second-order valence-electron chi connectivity index (χ2n) is 17.2. The van der Waals surface area contributed by atoms with Gasteiger partial charge in [-0.2, -0.15) is 0 Å². The molecular weight excluding hydrogens is 505 g/mol. The second-order valence-corrected chi connectivity index (χ2v) is 26.7. The minimum atomic E-state index is -1.90. The van der Waals surface area contributed by atoms with Crippen LogP contribution >= 0.6 is 0 Å². The molecule has 0 saturated heterocycles. The lowest BCUT2D eigenvalue weighted by Gasteiger charge is -2.62. The summed E-state index contributed by atoms with van der Waals surface area (Å²) in [5, 5.41) is 23.3. The van der Waals surface area contributed by atoms with Gasteiger partial charge in [-0.25, -0.2) is 0 Å². The van der Waals surface area contributed by atoms with Crippen LogP contribution in [0.3, 0.4) is 0 Å². The third-order valence-corrected chi connectivity index (χ3v) is 22.0. The fourth-order valence-electron chi connectivity index (χ4n) is 8.32. The summed E-state index contributed by atoms with van der Waals surface area (Å²) in [4.78, 5) is 0. The third-order valence-electron chi connectivity index (χ3n) is 12.9. The quantitative estimate of drug-likeness (QED) is 0.262. The van der Waals surface area contributed by atoms with E-state index < -0.39 is 22.2 Å². The van der Waals surface area contributed by atoms with Crippen LogP contribution in [-0.2, 0) is 8.85 Å². The average Bonchev–Trinajstić information content (AvgIpc) is 3.08. The topological polar surface area (TPSA) is 58.9 Å². The van der Waals surface area contributed by atoms with Gasteiger partial charge in [-0.1, -0.05) is 67.0 Å². The molecule has 38 heavy (non-hydrogen) atoms.